The number of rotatable bonds is 8. The minimum Gasteiger partial charge on any atom is -0.542 e. The van der Waals surface area contributed by atoms with Gasteiger partial charge in [0.2, 0.25) is 0 Å². The fourth-order valence-electron chi connectivity index (χ4n) is 8.26. The summed E-state index contributed by atoms with van der Waals surface area (Å²) in [6.07, 6.45) is 7.25. The van der Waals surface area contributed by atoms with Gasteiger partial charge < -0.3 is 4.43 Å². The van der Waals surface area contributed by atoms with Crippen molar-refractivity contribution in [2.75, 3.05) is 0 Å². The molecule has 0 heterocycles. The maximum absolute atomic E-state index is 13.2. The van der Waals surface area contributed by atoms with E-state index in [1.54, 1.807) is 12.1 Å². The van der Waals surface area contributed by atoms with Gasteiger partial charge in [-0.2, -0.15) is 13.2 Å². The maximum Gasteiger partial charge on any atom is 0.416 e. The molecule has 2 aromatic rings. The van der Waals surface area contributed by atoms with Crippen molar-refractivity contribution in [3.63, 3.8) is 0 Å². The predicted octanol–water partition coefficient (Wildman–Crippen LogP) is 9.32. The van der Waals surface area contributed by atoms with Crippen molar-refractivity contribution in [2.24, 2.45) is 17.8 Å². The zero-order valence-electron chi connectivity index (χ0n) is 24.5. The molecule has 0 N–H and O–H groups in total. The third-order valence-corrected chi connectivity index (χ3v) is 9.95. The molecule has 2 aromatic carbocycles. The van der Waals surface area contributed by atoms with E-state index in [4.69, 9.17) is 4.43 Å². The molecule has 6 rings (SSSR count). The number of hydrogen-bond acceptors (Lipinski definition) is 2. The van der Waals surface area contributed by atoms with E-state index in [1.807, 2.05) is 0 Å². The van der Waals surface area contributed by atoms with Gasteiger partial charge in [-0.3, -0.25) is 4.79 Å². The van der Waals surface area contributed by atoms with Crippen molar-refractivity contribution >= 4 is 20.9 Å². The SMILES string of the molecule is C[Si](C)Oc1c(CC/C=C(\C=O)c2cccc(C(F)(F)F)c2)ccc(C23CC4CC(CC(C4)C2)C3)c1C(C)(C)C. The number of aldehydes is 1. The van der Waals surface area contributed by atoms with Crippen molar-refractivity contribution < 1.29 is 22.4 Å². The Morgan fingerprint density at radius 3 is 2.15 bits per heavy atom. The summed E-state index contributed by atoms with van der Waals surface area (Å²) in [6.45, 7) is 11.2. The van der Waals surface area contributed by atoms with E-state index >= 15 is 0 Å². The Kier molecular flexibility index (Phi) is 7.88. The van der Waals surface area contributed by atoms with Crippen LogP contribution in [0.1, 0.15) is 93.5 Å². The molecule has 4 aliphatic carbocycles. The second-order valence-corrected chi connectivity index (χ2v) is 15.8. The average Bonchev–Trinajstić information content (AvgIpc) is 2.85. The number of carbonyl (C=O) groups excluding carboxylic acids is 1. The molecule has 1 radical (unpaired) electrons. The molecular formula is C34H42F3O2Si. The van der Waals surface area contributed by atoms with Gasteiger partial charge in [-0.15, -0.1) is 0 Å². The van der Waals surface area contributed by atoms with E-state index in [1.165, 1.54) is 55.7 Å². The van der Waals surface area contributed by atoms with E-state index in [9.17, 15) is 18.0 Å². The molecule has 6 heteroatoms. The normalized spacial score (nSPS) is 26.4. The first-order valence-electron chi connectivity index (χ1n) is 14.8. The summed E-state index contributed by atoms with van der Waals surface area (Å²) in [5.74, 6) is 3.56. The first-order valence-corrected chi connectivity index (χ1v) is 17.2. The van der Waals surface area contributed by atoms with Crippen LogP contribution in [0.3, 0.4) is 0 Å². The van der Waals surface area contributed by atoms with Gasteiger partial charge in [0, 0.05) is 11.1 Å². The second kappa shape index (κ2) is 10.8. The monoisotopic (exact) mass is 567 g/mol. The summed E-state index contributed by atoms with van der Waals surface area (Å²) < 4.78 is 46.4. The summed E-state index contributed by atoms with van der Waals surface area (Å²) >= 11 is 0. The van der Waals surface area contributed by atoms with Gasteiger partial charge in [0.05, 0.1) is 5.56 Å². The fraction of sp³-hybridized carbons (Fsp3) is 0.559. The summed E-state index contributed by atoms with van der Waals surface area (Å²) in [5, 5.41) is 0. The number of benzene rings is 2. The molecule has 0 atom stereocenters. The first kappa shape index (κ1) is 29.2. The van der Waals surface area contributed by atoms with E-state index in [2.05, 4.69) is 46.0 Å². The molecule has 4 saturated carbocycles. The average molecular weight is 568 g/mol. The zero-order valence-corrected chi connectivity index (χ0v) is 25.5. The number of allylic oxidation sites excluding steroid dienone is 2. The first-order chi connectivity index (χ1) is 18.8. The standard InChI is InChI=1S/C34H42F3O2Si/c1-32(2,3)30-29(33-18-22-14-23(19-33)16-24(15-22)20-33)13-12-25(31(30)39-40(4)5)8-6-10-27(21-38)26-9-7-11-28(17-26)34(35,36)37/h7,9-13,17,21-24H,6,8,14-16,18-20H2,1-5H3/b27-10+. The number of alkyl halides is 3. The van der Waals surface area contributed by atoms with Crippen LogP contribution in [0.25, 0.3) is 5.57 Å². The van der Waals surface area contributed by atoms with E-state index in [-0.39, 0.29) is 16.4 Å². The highest BCUT2D eigenvalue weighted by Gasteiger charge is 2.53. The van der Waals surface area contributed by atoms with Gasteiger partial charge in [0.25, 0.3) is 9.04 Å². The number of hydrogen-bond donors (Lipinski definition) is 0. The molecule has 0 aliphatic heterocycles. The Labute approximate surface area is 239 Å². The molecule has 0 spiro atoms. The van der Waals surface area contributed by atoms with Gasteiger partial charge in [0.1, 0.15) is 12.0 Å². The zero-order chi connectivity index (χ0) is 28.9. The third-order valence-electron chi connectivity index (χ3n) is 9.33. The molecule has 0 aromatic heterocycles. The Bertz CT molecular complexity index is 1250. The predicted molar refractivity (Wildman–Crippen MR) is 157 cm³/mol. The number of carbonyl (C=O) groups is 1. The van der Waals surface area contributed by atoms with Crippen molar-refractivity contribution in [1.29, 1.82) is 0 Å². The lowest BCUT2D eigenvalue weighted by Crippen LogP contribution is -2.49. The van der Waals surface area contributed by atoms with E-state index in [0.29, 0.717) is 24.7 Å². The second-order valence-electron chi connectivity index (χ2n) is 13.8. The van der Waals surface area contributed by atoms with Crippen LogP contribution < -0.4 is 4.43 Å². The van der Waals surface area contributed by atoms with Gasteiger partial charge in [-0.05, 0) is 122 Å². The van der Waals surface area contributed by atoms with Gasteiger partial charge in [-0.25, -0.2) is 0 Å². The molecule has 0 unspecified atom stereocenters. The summed E-state index contributed by atoms with van der Waals surface area (Å²) in [4.78, 5) is 11.9. The van der Waals surface area contributed by atoms with Crippen LogP contribution in [0, 0.1) is 17.8 Å². The molecule has 0 amide bonds. The molecule has 2 nitrogen and oxygen atoms in total. The van der Waals surface area contributed by atoms with Crippen molar-refractivity contribution in [1.82, 2.24) is 0 Å². The van der Waals surface area contributed by atoms with E-state index < -0.39 is 20.8 Å². The maximum atomic E-state index is 13.2. The third kappa shape index (κ3) is 5.84. The molecule has 40 heavy (non-hydrogen) atoms. The summed E-state index contributed by atoms with van der Waals surface area (Å²) in [7, 11) is -1.05. The lowest BCUT2D eigenvalue weighted by Gasteiger charge is -2.58. The van der Waals surface area contributed by atoms with Crippen LogP contribution in [0.15, 0.2) is 42.5 Å². The highest BCUT2D eigenvalue weighted by Crippen LogP contribution is 2.62. The minimum atomic E-state index is -4.45. The topological polar surface area (TPSA) is 26.3 Å². The van der Waals surface area contributed by atoms with Crippen LogP contribution in [-0.4, -0.2) is 15.3 Å². The fourth-order valence-corrected chi connectivity index (χ4v) is 8.90. The van der Waals surface area contributed by atoms with Crippen molar-refractivity contribution in [3.8, 4) is 5.75 Å². The summed E-state index contributed by atoms with van der Waals surface area (Å²) in [6, 6.07) is 9.61. The molecule has 4 fully saturated rings. The lowest BCUT2D eigenvalue weighted by molar-refractivity contribution is -0.137. The van der Waals surface area contributed by atoms with Crippen LogP contribution >= 0.6 is 0 Å². The van der Waals surface area contributed by atoms with Gasteiger partial charge >= 0.3 is 6.18 Å². The molecular weight excluding hydrogens is 525 g/mol. The molecule has 215 valence electrons. The molecule has 4 aliphatic rings. The van der Waals surface area contributed by atoms with Crippen LogP contribution in [0.2, 0.25) is 13.1 Å². The highest BCUT2D eigenvalue weighted by atomic mass is 28.3. The van der Waals surface area contributed by atoms with Gasteiger partial charge in [-0.1, -0.05) is 51.1 Å². The van der Waals surface area contributed by atoms with Crippen LogP contribution in [0.5, 0.6) is 5.75 Å². The minimum absolute atomic E-state index is 0.0941. The van der Waals surface area contributed by atoms with Crippen LogP contribution in [-0.2, 0) is 28.2 Å². The van der Waals surface area contributed by atoms with Crippen LogP contribution in [0.4, 0.5) is 13.2 Å². The Hall–Kier alpha value is -2.34. The Morgan fingerprint density at radius 1 is 1.00 bits per heavy atom. The lowest BCUT2D eigenvalue weighted by atomic mass is 9.47. The smallest absolute Gasteiger partial charge is 0.416 e. The highest BCUT2D eigenvalue weighted by molar-refractivity contribution is 6.49. The van der Waals surface area contributed by atoms with E-state index in [0.717, 1.165) is 41.2 Å². The molecule has 4 bridgehead atoms. The molecule has 0 saturated heterocycles. The summed E-state index contributed by atoms with van der Waals surface area (Å²) in [5.41, 5.74) is 3.94. The van der Waals surface area contributed by atoms with Crippen molar-refractivity contribution in [3.05, 3.63) is 70.3 Å². The Morgan fingerprint density at radius 2 is 1.62 bits per heavy atom. The largest absolute Gasteiger partial charge is 0.542 e. The van der Waals surface area contributed by atoms with Crippen molar-refractivity contribution in [2.45, 2.75) is 102 Å². The van der Waals surface area contributed by atoms with Gasteiger partial charge in [0.15, 0.2) is 0 Å². The quantitative estimate of drug-likeness (QED) is 0.180. The number of aryl methyl sites for hydroxylation is 1. The number of halogens is 3. The Balaban J connectivity index is 1.49.